The number of rotatable bonds is 2. The third-order valence-electron chi connectivity index (χ3n) is 2.29. The minimum atomic E-state index is 0. The van der Waals surface area contributed by atoms with Gasteiger partial charge in [-0.25, -0.2) is 4.68 Å². The van der Waals surface area contributed by atoms with E-state index in [9.17, 15) is 0 Å². The summed E-state index contributed by atoms with van der Waals surface area (Å²) >= 11 is 5.92. The summed E-state index contributed by atoms with van der Waals surface area (Å²) in [4.78, 5) is 0. The Morgan fingerprint density at radius 2 is 2.19 bits per heavy atom. The number of nitrogens with two attached hydrogens (primary N) is 1. The average Bonchev–Trinajstić information content (AvgIpc) is 2.59. The largest absolute Gasteiger partial charge is 0.396 e. The van der Waals surface area contributed by atoms with Gasteiger partial charge in [-0.05, 0) is 24.6 Å². The zero-order valence-electron chi connectivity index (χ0n) is 8.85. The van der Waals surface area contributed by atoms with Gasteiger partial charge in [-0.3, -0.25) is 0 Å². The fourth-order valence-electron chi connectivity index (χ4n) is 1.57. The van der Waals surface area contributed by atoms with Crippen LogP contribution in [0.2, 0.25) is 5.02 Å². The van der Waals surface area contributed by atoms with Crippen LogP contribution in [0.3, 0.4) is 0 Å². The lowest BCUT2D eigenvalue weighted by atomic mass is 10.2. The average molecular weight is 258 g/mol. The molecule has 0 amide bonds. The lowest BCUT2D eigenvalue weighted by molar-refractivity contribution is 0.815. The van der Waals surface area contributed by atoms with Crippen molar-refractivity contribution in [1.82, 2.24) is 9.78 Å². The van der Waals surface area contributed by atoms with Crippen molar-refractivity contribution in [2.24, 2.45) is 0 Å². The molecular formula is C11H13Cl2N3. The molecule has 86 valence electrons. The summed E-state index contributed by atoms with van der Waals surface area (Å²) < 4.78 is 1.82. The van der Waals surface area contributed by atoms with E-state index in [0.717, 1.165) is 23.5 Å². The monoisotopic (exact) mass is 257 g/mol. The number of hydrogen-bond acceptors (Lipinski definition) is 2. The highest BCUT2D eigenvalue weighted by Crippen LogP contribution is 2.19. The molecule has 5 heteroatoms. The number of aromatic nitrogens is 2. The molecule has 16 heavy (non-hydrogen) atoms. The molecule has 0 unspecified atom stereocenters. The lowest BCUT2D eigenvalue weighted by Crippen LogP contribution is -2.02. The third kappa shape index (κ3) is 2.31. The van der Waals surface area contributed by atoms with E-state index in [-0.39, 0.29) is 12.4 Å². The van der Waals surface area contributed by atoms with Crippen LogP contribution in [-0.4, -0.2) is 9.78 Å². The number of nitrogens with zero attached hydrogens (tertiary/aromatic N) is 2. The van der Waals surface area contributed by atoms with Crippen molar-refractivity contribution in [3.63, 3.8) is 0 Å². The van der Waals surface area contributed by atoms with Crippen molar-refractivity contribution in [1.29, 1.82) is 0 Å². The van der Waals surface area contributed by atoms with Crippen molar-refractivity contribution in [2.75, 3.05) is 5.73 Å². The van der Waals surface area contributed by atoms with Gasteiger partial charge in [0, 0.05) is 5.02 Å². The highest BCUT2D eigenvalue weighted by Gasteiger charge is 2.07. The first-order valence-electron chi connectivity index (χ1n) is 4.80. The predicted molar refractivity (Wildman–Crippen MR) is 69.6 cm³/mol. The summed E-state index contributed by atoms with van der Waals surface area (Å²) in [5.74, 6) is 0. The minimum absolute atomic E-state index is 0. The second-order valence-electron chi connectivity index (χ2n) is 3.29. The van der Waals surface area contributed by atoms with Crippen LogP contribution in [0.4, 0.5) is 5.69 Å². The second kappa shape index (κ2) is 5.23. The molecule has 0 saturated heterocycles. The SMILES string of the molecule is CCc1c(N)cnn1-c1cccc(Cl)c1.Cl. The van der Waals surface area contributed by atoms with E-state index in [4.69, 9.17) is 17.3 Å². The summed E-state index contributed by atoms with van der Waals surface area (Å²) in [6, 6.07) is 7.56. The minimum Gasteiger partial charge on any atom is -0.396 e. The molecule has 0 saturated carbocycles. The topological polar surface area (TPSA) is 43.8 Å². The van der Waals surface area contributed by atoms with Crippen molar-refractivity contribution in [2.45, 2.75) is 13.3 Å². The molecule has 0 fully saturated rings. The Morgan fingerprint density at radius 3 is 2.81 bits per heavy atom. The molecule has 1 aromatic carbocycles. The van der Waals surface area contributed by atoms with Gasteiger partial charge in [-0.1, -0.05) is 24.6 Å². The molecule has 0 aliphatic rings. The van der Waals surface area contributed by atoms with Crippen LogP contribution in [0, 0.1) is 0 Å². The summed E-state index contributed by atoms with van der Waals surface area (Å²) in [6.07, 6.45) is 2.51. The second-order valence-corrected chi connectivity index (χ2v) is 3.73. The zero-order valence-corrected chi connectivity index (χ0v) is 10.4. The highest BCUT2D eigenvalue weighted by molar-refractivity contribution is 6.30. The molecular weight excluding hydrogens is 245 g/mol. The van der Waals surface area contributed by atoms with E-state index in [1.165, 1.54) is 0 Å². The first kappa shape index (κ1) is 12.9. The first-order valence-corrected chi connectivity index (χ1v) is 5.18. The molecule has 1 heterocycles. The van der Waals surface area contributed by atoms with Crippen LogP contribution in [0.5, 0.6) is 0 Å². The van der Waals surface area contributed by atoms with E-state index in [0.29, 0.717) is 5.02 Å². The van der Waals surface area contributed by atoms with Crippen LogP contribution < -0.4 is 5.73 Å². The van der Waals surface area contributed by atoms with Gasteiger partial charge in [0.05, 0.1) is 23.3 Å². The smallest absolute Gasteiger partial charge is 0.0737 e. The molecule has 0 spiro atoms. The normalized spacial score (nSPS) is 9.88. The highest BCUT2D eigenvalue weighted by atomic mass is 35.5. The Hall–Kier alpha value is -1.19. The maximum absolute atomic E-state index is 5.92. The molecule has 0 atom stereocenters. The standard InChI is InChI=1S/C11H12ClN3.ClH/c1-2-11-10(13)7-14-15(11)9-5-3-4-8(12)6-9;/h3-7H,2,13H2,1H3;1H. The van der Waals surface area contributed by atoms with Crippen molar-refractivity contribution < 1.29 is 0 Å². The van der Waals surface area contributed by atoms with Gasteiger partial charge in [0.25, 0.3) is 0 Å². The molecule has 2 rings (SSSR count). The molecule has 2 N–H and O–H groups in total. The fourth-order valence-corrected chi connectivity index (χ4v) is 1.76. The van der Waals surface area contributed by atoms with Gasteiger partial charge >= 0.3 is 0 Å². The van der Waals surface area contributed by atoms with Crippen LogP contribution in [0.15, 0.2) is 30.5 Å². The molecule has 3 nitrogen and oxygen atoms in total. The summed E-state index contributed by atoms with van der Waals surface area (Å²) in [5.41, 5.74) is 8.48. The van der Waals surface area contributed by atoms with Crippen LogP contribution in [-0.2, 0) is 6.42 Å². The van der Waals surface area contributed by atoms with E-state index >= 15 is 0 Å². The maximum Gasteiger partial charge on any atom is 0.0737 e. The molecule has 0 aliphatic carbocycles. The molecule has 0 bridgehead atoms. The lowest BCUT2D eigenvalue weighted by Gasteiger charge is -2.06. The van der Waals surface area contributed by atoms with E-state index in [2.05, 4.69) is 12.0 Å². The van der Waals surface area contributed by atoms with E-state index < -0.39 is 0 Å². The molecule has 1 aromatic heterocycles. The Bertz CT molecular complexity index is 480. The number of benzene rings is 1. The zero-order chi connectivity index (χ0) is 10.8. The number of halogens is 2. The van der Waals surface area contributed by atoms with Crippen molar-refractivity contribution >= 4 is 29.7 Å². The predicted octanol–water partition coefficient (Wildman–Crippen LogP) is 3.09. The van der Waals surface area contributed by atoms with Crippen LogP contribution >= 0.6 is 24.0 Å². The van der Waals surface area contributed by atoms with Crippen LogP contribution in [0.1, 0.15) is 12.6 Å². The van der Waals surface area contributed by atoms with Crippen molar-refractivity contribution in [3.8, 4) is 5.69 Å². The molecule has 0 aliphatic heterocycles. The van der Waals surface area contributed by atoms with Gasteiger partial charge in [-0.15, -0.1) is 12.4 Å². The number of nitrogen functional groups attached to an aromatic ring is 1. The van der Waals surface area contributed by atoms with Gasteiger partial charge in [0.2, 0.25) is 0 Å². The van der Waals surface area contributed by atoms with Gasteiger partial charge < -0.3 is 5.73 Å². The Kier molecular flexibility index (Phi) is 4.21. The van der Waals surface area contributed by atoms with Crippen molar-refractivity contribution in [3.05, 3.63) is 41.2 Å². The first-order chi connectivity index (χ1) is 7.22. The van der Waals surface area contributed by atoms with E-state index in [1.54, 1.807) is 6.20 Å². The summed E-state index contributed by atoms with van der Waals surface area (Å²) in [6.45, 7) is 2.05. The Morgan fingerprint density at radius 1 is 1.44 bits per heavy atom. The number of anilines is 1. The Balaban J connectivity index is 0.00000128. The fraction of sp³-hybridized carbons (Fsp3) is 0.182. The molecule has 2 aromatic rings. The number of hydrogen-bond donors (Lipinski definition) is 1. The van der Waals surface area contributed by atoms with Gasteiger partial charge in [0.15, 0.2) is 0 Å². The maximum atomic E-state index is 5.92. The molecule has 0 radical (unpaired) electrons. The third-order valence-corrected chi connectivity index (χ3v) is 2.52. The van der Waals surface area contributed by atoms with Gasteiger partial charge in [0.1, 0.15) is 0 Å². The quantitative estimate of drug-likeness (QED) is 0.899. The van der Waals surface area contributed by atoms with E-state index in [1.807, 2.05) is 28.9 Å². The van der Waals surface area contributed by atoms with Crippen LogP contribution in [0.25, 0.3) is 5.69 Å². The van der Waals surface area contributed by atoms with Gasteiger partial charge in [-0.2, -0.15) is 5.10 Å². The Labute approximate surface area is 106 Å². The summed E-state index contributed by atoms with van der Waals surface area (Å²) in [7, 11) is 0. The summed E-state index contributed by atoms with van der Waals surface area (Å²) in [5, 5.41) is 4.93.